The van der Waals surface area contributed by atoms with E-state index in [1.165, 1.54) is 6.92 Å². The summed E-state index contributed by atoms with van der Waals surface area (Å²) in [5.41, 5.74) is 1.02. The molecule has 0 spiro atoms. The van der Waals surface area contributed by atoms with Crippen LogP contribution in [0.5, 0.6) is 5.75 Å². The minimum atomic E-state index is -1.09. The van der Waals surface area contributed by atoms with Gasteiger partial charge in [-0.25, -0.2) is 0 Å². The quantitative estimate of drug-likeness (QED) is 0.608. The molecule has 7 nitrogen and oxygen atoms in total. The summed E-state index contributed by atoms with van der Waals surface area (Å²) in [5, 5.41) is 25.2. The molecule has 1 aliphatic rings. The number of nitrogens with one attached hydrogen (secondary N) is 2. The molecule has 0 aromatic heterocycles. The van der Waals surface area contributed by atoms with Crippen molar-refractivity contribution in [2.24, 2.45) is 0 Å². The third-order valence-corrected chi connectivity index (χ3v) is 3.16. The van der Waals surface area contributed by atoms with Crippen molar-refractivity contribution in [1.29, 1.82) is 0 Å². The zero-order valence-corrected chi connectivity index (χ0v) is 11.6. The molecule has 4 N–H and O–H groups in total. The summed E-state index contributed by atoms with van der Waals surface area (Å²) in [6.45, 7) is 1.60. The number of aliphatic hydroxyl groups is 2. The first-order valence-corrected chi connectivity index (χ1v) is 6.64. The predicted octanol–water partition coefficient (Wildman–Crippen LogP) is -0.0620. The fourth-order valence-corrected chi connectivity index (χ4v) is 2.05. The number of rotatable bonds is 5. The Bertz CT molecular complexity index is 546. The molecule has 1 heterocycles. The van der Waals surface area contributed by atoms with Crippen molar-refractivity contribution in [3.8, 4) is 5.75 Å². The number of aliphatic hydroxyl groups excluding tert-OH is 2. The molecule has 0 saturated carbocycles. The van der Waals surface area contributed by atoms with Crippen LogP contribution >= 0.6 is 0 Å². The topological polar surface area (TPSA) is 108 Å². The van der Waals surface area contributed by atoms with Gasteiger partial charge < -0.3 is 25.6 Å². The molecule has 1 aromatic rings. The lowest BCUT2D eigenvalue weighted by atomic mass is 10.0. The monoisotopic (exact) mass is 294 g/mol. The second kappa shape index (κ2) is 6.55. The largest absolute Gasteiger partial charge is 0.482 e. The van der Waals surface area contributed by atoms with Crippen molar-refractivity contribution in [2.45, 2.75) is 25.6 Å². The Kier molecular flexibility index (Phi) is 4.77. The summed E-state index contributed by atoms with van der Waals surface area (Å²) in [5.74, 6) is 0.0426. The second-order valence-corrected chi connectivity index (χ2v) is 4.88. The highest BCUT2D eigenvalue weighted by atomic mass is 16.5. The minimum Gasteiger partial charge on any atom is -0.482 e. The summed E-state index contributed by atoms with van der Waals surface area (Å²) < 4.78 is 5.26. The van der Waals surface area contributed by atoms with Crippen LogP contribution in [0.25, 0.3) is 0 Å². The molecule has 0 fully saturated rings. The van der Waals surface area contributed by atoms with Gasteiger partial charge in [-0.1, -0.05) is 6.07 Å². The number of amides is 2. The molecule has 21 heavy (non-hydrogen) atoms. The highest BCUT2D eigenvalue weighted by Gasteiger charge is 2.22. The Labute approximate surface area is 121 Å². The molecule has 0 radical (unpaired) electrons. The summed E-state index contributed by atoms with van der Waals surface area (Å²) >= 11 is 0. The van der Waals surface area contributed by atoms with Gasteiger partial charge in [-0.2, -0.15) is 0 Å². The Morgan fingerprint density at radius 1 is 1.48 bits per heavy atom. The van der Waals surface area contributed by atoms with Crippen LogP contribution in [0.3, 0.4) is 0 Å². The molecule has 1 aliphatic heterocycles. The standard InChI is InChI=1S/C14H18N2O5/c1-8(17)15-5-4-11(18)14(20)9-2-3-10-12(6-9)21-7-13(19)16-10/h2-3,6,11,14,18,20H,4-5,7H2,1H3,(H,15,17)(H,16,19). The smallest absolute Gasteiger partial charge is 0.262 e. The van der Waals surface area contributed by atoms with E-state index in [9.17, 15) is 19.8 Å². The number of ether oxygens (including phenoxy) is 1. The average molecular weight is 294 g/mol. The maximum atomic E-state index is 11.2. The first-order valence-electron chi connectivity index (χ1n) is 6.64. The third-order valence-electron chi connectivity index (χ3n) is 3.16. The zero-order chi connectivity index (χ0) is 15.4. The zero-order valence-electron chi connectivity index (χ0n) is 11.6. The number of anilines is 1. The second-order valence-electron chi connectivity index (χ2n) is 4.88. The highest BCUT2D eigenvalue weighted by Crippen LogP contribution is 2.31. The first-order chi connectivity index (χ1) is 9.97. The molecular weight excluding hydrogens is 276 g/mol. The minimum absolute atomic E-state index is 0.0718. The number of carbonyl (C=O) groups is 2. The van der Waals surface area contributed by atoms with Gasteiger partial charge in [0.05, 0.1) is 11.8 Å². The van der Waals surface area contributed by atoms with Gasteiger partial charge in [0.2, 0.25) is 5.91 Å². The van der Waals surface area contributed by atoms with E-state index in [-0.39, 0.29) is 31.4 Å². The molecular formula is C14H18N2O5. The van der Waals surface area contributed by atoms with Gasteiger partial charge in [0.1, 0.15) is 11.9 Å². The molecule has 7 heteroatoms. The maximum absolute atomic E-state index is 11.2. The molecule has 0 bridgehead atoms. The van der Waals surface area contributed by atoms with Gasteiger partial charge in [0.25, 0.3) is 5.91 Å². The molecule has 0 aliphatic carbocycles. The van der Waals surface area contributed by atoms with E-state index in [0.29, 0.717) is 17.0 Å². The summed E-state index contributed by atoms with van der Waals surface area (Å²) in [6.07, 6.45) is -1.87. The van der Waals surface area contributed by atoms with Gasteiger partial charge in [-0.15, -0.1) is 0 Å². The number of hydrogen-bond acceptors (Lipinski definition) is 5. The Morgan fingerprint density at radius 2 is 2.24 bits per heavy atom. The number of hydrogen-bond donors (Lipinski definition) is 4. The van der Waals surface area contributed by atoms with Crippen molar-refractivity contribution < 1.29 is 24.5 Å². The Balaban J connectivity index is 2.00. The predicted molar refractivity (Wildman–Crippen MR) is 74.8 cm³/mol. The van der Waals surface area contributed by atoms with E-state index < -0.39 is 12.2 Å². The fourth-order valence-electron chi connectivity index (χ4n) is 2.05. The van der Waals surface area contributed by atoms with Crippen LogP contribution in [0, 0.1) is 0 Å². The molecule has 2 unspecified atom stereocenters. The average Bonchev–Trinajstić information content (AvgIpc) is 2.45. The molecule has 114 valence electrons. The molecule has 0 saturated heterocycles. The number of carbonyl (C=O) groups excluding carboxylic acids is 2. The fraction of sp³-hybridized carbons (Fsp3) is 0.429. The molecule has 1 aromatic carbocycles. The summed E-state index contributed by atoms with van der Waals surface area (Å²) in [7, 11) is 0. The van der Waals surface area contributed by atoms with E-state index in [2.05, 4.69) is 10.6 Å². The summed E-state index contributed by atoms with van der Waals surface area (Å²) in [4.78, 5) is 21.9. The lowest BCUT2D eigenvalue weighted by molar-refractivity contribution is -0.119. The van der Waals surface area contributed by atoms with Crippen LogP contribution in [-0.2, 0) is 9.59 Å². The van der Waals surface area contributed by atoms with Gasteiger partial charge in [0.15, 0.2) is 6.61 Å². The van der Waals surface area contributed by atoms with Crippen LogP contribution in [0.15, 0.2) is 18.2 Å². The lowest BCUT2D eigenvalue weighted by Gasteiger charge is -2.22. The Morgan fingerprint density at radius 3 is 2.95 bits per heavy atom. The van der Waals surface area contributed by atoms with Crippen LogP contribution in [0.2, 0.25) is 0 Å². The van der Waals surface area contributed by atoms with Crippen LogP contribution < -0.4 is 15.4 Å². The van der Waals surface area contributed by atoms with E-state index in [0.717, 1.165) is 0 Å². The third kappa shape index (κ3) is 3.93. The molecule has 2 amide bonds. The SMILES string of the molecule is CC(=O)NCCC(O)C(O)c1ccc2c(c1)OCC(=O)N2. The molecule has 2 rings (SSSR count). The normalized spacial score (nSPS) is 16.2. The van der Waals surface area contributed by atoms with E-state index in [1.807, 2.05) is 0 Å². The van der Waals surface area contributed by atoms with Crippen molar-refractivity contribution in [3.63, 3.8) is 0 Å². The van der Waals surface area contributed by atoms with Crippen LogP contribution in [0.4, 0.5) is 5.69 Å². The number of benzene rings is 1. The van der Waals surface area contributed by atoms with Crippen molar-refractivity contribution in [1.82, 2.24) is 5.32 Å². The molecule has 2 atom stereocenters. The van der Waals surface area contributed by atoms with Gasteiger partial charge in [-0.3, -0.25) is 9.59 Å². The van der Waals surface area contributed by atoms with Gasteiger partial charge >= 0.3 is 0 Å². The first kappa shape index (κ1) is 15.3. The van der Waals surface area contributed by atoms with Gasteiger partial charge in [0, 0.05) is 13.5 Å². The van der Waals surface area contributed by atoms with Crippen LogP contribution in [0.1, 0.15) is 25.0 Å². The van der Waals surface area contributed by atoms with Crippen LogP contribution in [-0.4, -0.2) is 41.3 Å². The van der Waals surface area contributed by atoms with Crippen molar-refractivity contribution in [3.05, 3.63) is 23.8 Å². The van der Waals surface area contributed by atoms with E-state index in [1.54, 1.807) is 18.2 Å². The lowest BCUT2D eigenvalue weighted by Crippen LogP contribution is -2.28. The van der Waals surface area contributed by atoms with E-state index >= 15 is 0 Å². The van der Waals surface area contributed by atoms with Crippen molar-refractivity contribution in [2.75, 3.05) is 18.5 Å². The highest BCUT2D eigenvalue weighted by molar-refractivity contribution is 5.95. The van der Waals surface area contributed by atoms with E-state index in [4.69, 9.17) is 4.74 Å². The van der Waals surface area contributed by atoms with Gasteiger partial charge in [-0.05, 0) is 24.1 Å². The van der Waals surface area contributed by atoms with Crippen molar-refractivity contribution >= 4 is 17.5 Å². The number of fused-ring (bicyclic) bond motifs is 1. The maximum Gasteiger partial charge on any atom is 0.262 e. The summed E-state index contributed by atoms with van der Waals surface area (Å²) in [6, 6.07) is 4.81. The Hall–Kier alpha value is -2.12.